The van der Waals surface area contributed by atoms with Crippen LogP contribution in [0, 0.1) is 5.92 Å². The SMILES string of the molecule is CC(C)CNCCN(C)c1cnc2ccccc2n1. The van der Waals surface area contributed by atoms with Crippen LogP contribution >= 0.6 is 0 Å². The van der Waals surface area contributed by atoms with Crippen LogP contribution in [0.25, 0.3) is 11.0 Å². The van der Waals surface area contributed by atoms with Gasteiger partial charge in [-0.2, -0.15) is 0 Å². The second-order valence-electron chi connectivity index (χ2n) is 5.24. The molecule has 1 heterocycles. The van der Waals surface area contributed by atoms with Gasteiger partial charge in [0.15, 0.2) is 0 Å². The summed E-state index contributed by atoms with van der Waals surface area (Å²) in [5.41, 5.74) is 1.89. The zero-order valence-corrected chi connectivity index (χ0v) is 11.9. The number of nitrogens with zero attached hydrogens (tertiary/aromatic N) is 3. The molecule has 1 aromatic carbocycles. The Balaban J connectivity index is 1.95. The molecule has 4 heteroatoms. The van der Waals surface area contributed by atoms with Crippen molar-refractivity contribution in [3.63, 3.8) is 0 Å². The minimum Gasteiger partial charge on any atom is -0.357 e. The molecule has 0 aliphatic heterocycles. The quantitative estimate of drug-likeness (QED) is 0.807. The van der Waals surface area contributed by atoms with Crippen molar-refractivity contribution in [1.29, 1.82) is 0 Å². The van der Waals surface area contributed by atoms with Crippen molar-refractivity contribution in [3.05, 3.63) is 30.5 Å². The highest BCUT2D eigenvalue weighted by molar-refractivity contribution is 5.75. The summed E-state index contributed by atoms with van der Waals surface area (Å²) in [6, 6.07) is 7.95. The smallest absolute Gasteiger partial charge is 0.147 e. The summed E-state index contributed by atoms with van der Waals surface area (Å²) in [5, 5.41) is 3.43. The fourth-order valence-corrected chi connectivity index (χ4v) is 1.88. The van der Waals surface area contributed by atoms with E-state index in [0.29, 0.717) is 5.92 Å². The van der Waals surface area contributed by atoms with Gasteiger partial charge in [0.25, 0.3) is 0 Å². The molecule has 1 aromatic heterocycles. The fraction of sp³-hybridized carbons (Fsp3) is 0.467. The van der Waals surface area contributed by atoms with Crippen molar-refractivity contribution in [2.75, 3.05) is 31.6 Å². The van der Waals surface area contributed by atoms with E-state index in [1.807, 2.05) is 30.5 Å². The minimum atomic E-state index is 0.686. The zero-order chi connectivity index (χ0) is 13.7. The minimum absolute atomic E-state index is 0.686. The van der Waals surface area contributed by atoms with Crippen LogP contribution in [0.3, 0.4) is 0 Å². The predicted molar refractivity (Wildman–Crippen MR) is 80.5 cm³/mol. The van der Waals surface area contributed by atoms with Gasteiger partial charge in [0.1, 0.15) is 5.82 Å². The first kappa shape index (κ1) is 13.7. The molecule has 0 aliphatic rings. The monoisotopic (exact) mass is 258 g/mol. The number of hydrogen-bond acceptors (Lipinski definition) is 4. The molecule has 1 N–H and O–H groups in total. The van der Waals surface area contributed by atoms with E-state index in [2.05, 4.69) is 41.1 Å². The van der Waals surface area contributed by atoms with Gasteiger partial charge in [-0.15, -0.1) is 0 Å². The lowest BCUT2D eigenvalue weighted by molar-refractivity contribution is 0.554. The number of fused-ring (bicyclic) bond motifs is 1. The van der Waals surface area contributed by atoms with Crippen LogP contribution in [0.2, 0.25) is 0 Å². The lowest BCUT2D eigenvalue weighted by Crippen LogP contribution is -2.31. The van der Waals surface area contributed by atoms with Crippen molar-refractivity contribution >= 4 is 16.9 Å². The summed E-state index contributed by atoms with van der Waals surface area (Å²) in [6.45, 7) is 7.37. The van der Waals surface area contributed by atoms with Gasteiger partial charge in [-0.3, -0.25) is 4.98 Å². The normalized spacial score (nSPS) is 11.2. The van der Waals surface area contributed by atoms with Gasteiger partial charge in [0.2, 0.25) is 0 Å². The Labute approximate surface area is 114 Å². The maximum absolute atomic E-state index is 4.62. The van der Waals surface area contributed by atoms with Gasteiger partial charge in [0.05, 0.1) is 17.2 Å². The predicted octanol–water partition coefficient (Wildman–Crippen LogP) is 2.31. The number of anilines is 1. The number of aromatic nitrogens is 2. The summed E-state index contributed by atoms with van der Waals surface area (Å²) in [4.78, 5) is 11.2. The average Bonchev–Trinajstić information content (AvgIpc) is 2.42. The summed E-state index contributed by atoms with van der Waals surface area (Å²) in [6.07, 6.45) is 1.84. The zero-order valence-electron chi connectivity index (χ0n) is 11.9. The average molecular weight is 258 g/mol. The van der Waals surface area contributed by atoms with Gasteiger partial charge in [-0.05, 0) is 24.6 Å². The fourth-order valence-electron chi connectivity index (χ4n) is 1.88. The molecule has 0 atom stereocenters. The van der Waals surface area contributed by atoms with Gasteiger partial charge in [-0.25, -0.2) is 4.98 Å². The van der Waals surface area contributed by atoms with Crippen LogP contribution in [-0.4, -0.2) is 36.6 Å². The van der Waals surface area contributed by atoms with Crippen molar-refractivity contribution < 1.29 is 0 Å². The molecule has 102 valence electrons. The largest absolute Gasteiger partial charge is 0.357 e. The molecule has 0 aliphatic carbocycles. The third-order valence-corrected chi connectivity index (χ3v) is 3.00. The van der Waals surface area contributed by atoms with E-state index in [9.17, 15) is 0 Å². The molecule has 19 heavy (non-hydrogen) atoms. The molecule has 2 rings (SSSR count). The second kappa shape index (κ2) is 6.48. The molecule has 0 saturated heterocycles. The van der Waals surface area contributed by atoms with Crippen LogP contribution in [0.4, 0.5) is 5.82 Å². The highest BCUT2D eigenvalue weighted by atomic mass is 15.2. The summed E-state index contributed by atoms with van der Waals surface area (Å²) in [7, 11) is 2.05. The summed E-state index contributed by atoms with van der Waals surface area (Å²) >= 11 is 0. The highest BCUT2D eigenvalue weighted by Crippen LogP contribution is 2.13. The molecule has 0 amide bonds. The molecule has 0 fully saturated rings. The first-order valence-electron chi connectivity index (χ1n) is 6.80. The molecule has 0 unspecified atom stereocenters. The van der Waals surface area contributed by atoms with Crippen molar-refractivity contribution in [2.24, 2.45) is 5.92 Å². The molecule has 0 bridgehead atoms. The lowest BCUT2D eigenvalue weighted by Gasteiger charge is -2.18. The van der Waals surface area contributed by atoms with Crippen molar-refractivity contribution in [1.82, 2.24) is 15.3 Å². The van der Waals surface area contributed by atoms with E-state index in [-0.39, 0.29) is 0 Å². The number of para-hydroxylation sites is 2. The maximum atomic E-state index is 4.62. The lowest BCUT2D eigenvalue weighted by atomic mass is 10.2. The van der Waals surface area contributed by atoms with Gasteiger partial charge in [0, 0.05) is 20.1 Å². The van der Waals surface area contributed by atoms with Crippen molar-refractivity contribution in [3.8, 4) is 0 Å². The van der Waals surface area contributed by atoms with E-state index < -0.39 is 0 Å². The summed E-state index contributed by atoms with van der Waals surface area (Å²) in [5.74, 6) is 1.61. The Morgan fingerprint density at radius 1 is 1.21 bits per heavy atom. The number of nitrogens with one attached hydrogen (secondary N) is 1. The first-order valence-corrected chi connectivity index (χ1v) is 6.80. The van der Waals surface area contributed by atoms with Crippen LogP contribution < -0.4 is 10.2 Å². The van der Waals surface area contributed by atoms with Crippen LogP contribution in [-0.2, 0) is 0 Å². The molecule has 0 spiro atoms. The second-order valence-corrected chi connectivity index (χ2v) is 5.24. The number of likely N-dealkylation sites (N-methyl/N-ethyl adjacent to an activating group) is 1. The Bertz CT molecular complexity index is 524. The van der Waals surface area contributed by atoms with E-state index in [0.717, 1.165) is 36.5 Å². The van der Waals surface area contributed by atoms with E-state index >= 15 is 0 Å². The molecular formula is C15H22N4. The van der Waals surface area contributed by atoms with E-state index in [4.69, 9.17) is 0 Å². The Morgan fingerprint density at radius 2 is 1.95 bits per heavy atom. The van der Waals surface area contributed by atoms with Crippen molar-refractivity contribution in [2.45, 2.75) is 13.8 Å². The maximum Gasteiger partial charge on any atom is 0.147 e. The molecule has 2 aromatic rings. The van der Waals surface area contributed by atoms with Gasteiger partial charge in [-0.1, -0.05) is 26.0 Å². The van der Waals surface area contributed by atoms with Crippen LogP contribution in [0.1, 0.15) is 13.8 Å². The number of rotatable bonds is 6. The standard InChI is InChI=1S/C15H22N4/c1-12(2)10-16-8-9-19(3)15-11-17-13-6-4-5-7-14(13)18-15/h4-7,11-12,16H,8-10H2,1-3H3. The number of benzene rings is 1. The van der Waals surface area contributed by atoms with Gasteiger partial charge >= 0.3 is 0 Å². The van der Waals surface area contributed by atoms with E-state index in [1.165, 1.54) is 0 Å². The highest BCUT2D eigenvalue weighted by Gasteiger charge is 2.04. The van der Waals surface area contributed by atoms with Crippen LogP contribution in [0.5, 0.6) is 0 Å². The first-order chi connectivity index (χ1) is 9.16. The molecular weight excluding hydrogens is 236 g/mol. The van der Waals surface area contributed by atoms with Crippen LogP contribution in [0.15, 0.2) is 30.5 Å². The van der Waals surface area contributed by atoms with Gasteiger partial charge < -0.3 is 10.2 Å². The third-order valence-electron chi connectivity index (χ3n) is 3.00. The Hall–Kier alpha value is -1.68. The molecule has 0 saturated carbocycles. The summed E-state index contributed by atoms with van der Waals surface area (Å²) < 4.78 is 0. The molecule has 4 nitrogen and oxygen atoms in total. The van der Waals surface area contributed by atoms with E-state index in [1.54, 1.807) is 0 Å². The molecule has 0 radical (unpaired) electrons. The Morgan fingerprint density at radius 3 is 2.68 bits per heavy atom. The number of hydrogen-bond donors (Lipinski definition) is 1. The Kier molecular flexibility index (Phi) is 4.68. The topological polar surface area (TPSA) is 41.0 Å². The third kappa shape index (κ3) is 3.89.